The number of aromatic nitrogens is 1. The molecule has 1 unspecified atom stereocenters. The maximum absolute atomic E-state index is 5.99. The molecule has 0 aliphatic heterocycles. The van der Waals surface area contributed by atoms with Crippen molar-refractivity contribution in [2.45, 2.75) is 19.5 Å². The second-order valence-electron chi connectivity index (χ2n) is 3.39. The Kier molecular flexibility index (Phi) is 4.66. The number of hydrogen-bond acceptors (Lipinski definition) is 2. The van der Waals surface area contributed by atoms with E-state index in [-0.39, 0.29) is 0 Å². The Labute approximate surface area is 94.8 Å². The highest BCUT2D eigenvalue weighted by Gasteiger charge is 2.09. The lowest BCUT2D eigenvalue weighted by molar-refractivity contribution is 0.268. The van der Waals surface area contributed by atoms with E-state index >= 15 is 0 Å². The van der Waals surface area contributed by atoms with Gasteiger partial charge in [0.15, 0.2) is 0 Å². The minimum Gasteiger partial charge on any atom is -0.298 e. The van der Waals surface area contributed by atoms with Gasteiger partial charge < -0.3 is 0 Å². The van der Waals surface area contributed by atoms with E-state index in [1.807, 2.05) is 13.1 Å². The first-order valence-electron chi connectivity index (χ1n) is 4.49. The molecular weight excluding hydrogens is 219 g/mol. The van der Waals surface area contributed by atoms with Crippen molar-refractivity contribution in [2.24, 2.45) is 0 Å². The van der Waals surface area contributed by atoms with Crippen LogP contribution >= 0.6 is 23.2 Å². The van der Waals surface area contributed by atoms with Crippen molar-refractivity contribution in [3.63, 3.8) is 0 Å². The predicted octanol–water partition coefficient (Wildman–Crippen LogP) is 2.79. The summed E-state index contributed by atoms with van der Waals surface area (Å²) >= 11 is 11.8. The Morgan fingerprint density at radius 3 is 2.86 bits per heavy atom. The Balaban J connectivity index is 2.64. The molecule has 0 spiro atoms. The fraction of sp³-hybridized carbons (Fsp3) is 0.500. The van der Waals surface area contributed by atoms with Crippen LogP contribution in [0.1, 0.15) is 12.5 Å². The van der Waals surface area contributed by atoms with E-state index in [0.29, 0.717) is 16.9 Å². The van der Waals surface area contributed by atoms with Crippen LogP contribution in [0, 0.1) is 0 Å². The molecule has 0 radical (unpaired) electrons. The molecule has 1 rings (SSSR count). The Bertz CT molecular complexity index is 291. The van der Waals surface area contributed by atoms with Crippen molar-refractivity contribution in [1.29, 1.82) is 0 Å². The SMILES string of the molecule is CC(CCl)N(C)Cc1ccncc1Cl. The summed E-state index contributed by atoms with van der Waals surface area (Å²) in [6, 6.07) is 2.28. The van der Waals surface area contributed by atoms with Crippen LogP contribution < -0.4 is 0 Å². The lowest BCUT2D eigenvalue weighted by Gasteiger charge is -2.22. The smallest absolute Gasteiger partial charge is 0.0634 e. The highest BCUT2D eigenvalue weighted by Crippen LogP contribution is 2.16. The minimum atomic E-state index is 0.348. The third-order valence-corrected chi connectivity index (χ3v) is 3.04. The van der Waals surface area contributed by atoms with Crippen LogP contribution in [-0.4, -0.2) is 28.9 Å². The molecule has 0 aliphatic rings. The molecule has 0 amide bonds. The van der Waals surface area contributed by atoms with Gasteiger partial charge in [-0.1, -0.05) is 11.6 Å². The fourth-order valence-electron chi connectivity index (χ4n) is 1.07. The molecule has 0 saturated carbocycles. The summed E-state index contributed by atoms with van der Waals surface area (Å²) in [6.45, 7) is 2.89. The van der Waals surface area contributed by atoms with Crippen LogP contribution in [0.15, 0.2) is 18.5 Å². The van der Waals surface area contributed by atoms with E-state index in [1.54, 1.807) is 12.4 Å². The maximum Gasteiger partial charge on any atom is 0.0634 e. The van der Waals surface area contributed by atoms with Crippen molar-refractivity contribution in [3.8, 4) is 0 Å². The highest BCUT2D eigenvalue weighted by molar-refractivity contribution is 6.31. The average Bonchev–Trinajstić information content (AvgIpc) is 2.20. The van der Waals surface area contributed by atoms with Crippen LogP contribution in [0.2, 0.25) is 5.02 Å². The summed E-state index contributed by atoms with van der Waals surface area (Å²) in [5.74, 6) is 0.624. The van der Waals surface area contributed by atoms with Crippen molar-refractivity contribution >= 4 is 23.2 Å². The van der Waals surface area contributed by atoms with Crippen LogP contribution in [0.25, 0.3) is 0 Å². The van der Waals surface area contributed by atoms with Crippen molar-refractivity contribution < 1.29 is 0 Å². The quantitative estimate of drug-likeness (QED) is 0.743. The molecule has 1 aromatic heterocycles. The van der Waals surface area contributed by atoms with E-state index in [1.165, 1.54) is 0 Å². The van der Waals surface area contributed by atoms with Gasteiger partial charge in [-0.2, -0.15) is 0 Å². The highest BCUT2D eigenvalue weighted by atomic mass is 35.5. The van der Waals surface area contributed by atoms with Crippen molar-refractivity contribution in [3.05, 3.63) is 29.0 Å². The van der Waals surface area contributed by atoms with Crippen molar-refractivity contribution in [1.82, 2.24) is 9.88 Å². The standard InChI is InChI=1S/C10H14Cl2N2/c1-8(5-11)14(2)7-9-3-4-13-6-10(9)12/h3-4,6,8H,5,7H2,1-2H3. The molecule has 78 valence electrons. The van der Waals surface area contributed by atoms with Crippen LogP contribution in [-0.2, 0) is 6.54 Å². The van der Waals surface area contributed by atoms with E-state index in [4.69, 9.17) is 23.2 Å². The molecule has 14 heavy (non-hydrogen) atoms. The molecule has 0 saturated heterocycles. The number of pyridine rings is 1. The van der Waals surface area contributed by atoms with Gasteiger partial charge in [0.25, 0.3) is 0 Å². The Hall–Kier alpha value is -0.310. The summed E-state index contributed by atoms with van der Waals surface area (Å²) in [5, 5.41) is 0.709. The minimum absolute atomic E-state index is 0.348. The summed E-state index contributed by atoms with van der Waals surface area (Å²) in [4.78, 5) is 6.10. The van der Waals surface area contributed by atoms with E-state index in [9.17, 15) is 0 Å². The lowest BCUT2D eigenvalue weighted by Crippen LogP contribution is -2.29. The predicted molar refractivity (Wildman–Crippen MR) is 60.9 cm³/mol. The molecule has 0 aromatic carbocycles. The first-order valence-corrected chi connectivity index (χ1v) is 5.41. The van der Waals surface area contributed by atoms with Gasteiger partial charge in [-0.3, -0.25) is 9.88 Å². The molecular formula is C10H14Cl2N2. The number of hydrogen-bond donors (Lipinski definition) is 0. The fourth-order valence-corrected chi connectivity index (χ4v) is 1.49. The first kappa shape index (κ1) is 11.8. The zero-order valence-corrected chi connectivity index (χ0v) is 9.89. The average molecular weight is 233 g/mol. The van der Waals surface area contributed by atoms with Gasteiger partial charge in [-0.05, 0) is 25.6 Å². The Morgan fingerprint density at radius 1 is 1.57 bits per heavy atom. The second kappa shape index (κ2) is 5.54. The first-order chi connectivity index (χ1) is 6.65. The number of rotatable bonds is 4. The third kappa shape index (κ3) is 3.12. The van der Waals surface area contributed by atoms with Crippen LogP contribution in [0.4, 0.5) is 0 Å². The van der Waals surface area contributed by atoms with Crippen LogP contribution in [0.5, 0.6) is 0 Å². The summed E-state index contributed by atoms with van der Waals surface area (Å²) in [6.07, 6.45) is 3.41. The van der Waals surface area contributed by atoms with E-state index in [0.717, 1.165) is 12.1 Å². The van der Waals surface area contributed by atoms with Gasteiger partial charge in [-0.15, -0.1) is 11.6 Å². The van der Waals surface area contributed by atoms with Crippen LogP contribution in [0.3, 0.4) is 0 Å². The molecule has 0 aliphatic carbocycles. The molecule has 1 heterocycles. The van der Waals surface area contributed by atoms with Gasteiger partial charge in [-0.25, -0.2) is 0 Å². The van der Waals surface area contributed by atoms with E-state index < -0.39 is 0 Å². The summed E-state index contributed by atoms with van der Waals surface area (Å²) in [7, 11) is 2.03. The topological polar surface area (TPSA) is 16.1 Å². The normalized spacial score (nSPS) is 13.2. The molecule has 1 atom stereocenters. The van der Waals surface area contributed by atoms with Gasteiger partial charge in [0.2, 0.25) is 0 Å². The third-order valence-electron chi connectivity index (χ3n) is 2.25. The zero-order valence-electron chi connectivity index (χ0n) is 8.37. The van der Waals surface area contributed by atoms with E-state index in [2.05, 4.69) is 16.8 Å². The molecule has 2 nitrogen and oxygen atoms in total. The Morgan fingerprint density at radius 2 is 2.29 bits per heavy atom. The zero-order chi connectivity index (χ0) is 10.6. The summed E-state index contributed by atoms with van der Waals surface area (Å²) in [5.41, 5.74) is 1.08. The lowest BCUT2D eigenvalue weighted by atomic mass is 10.2. The number of alkyl halides is 1. The van der Waals surface area contributed by atoms with Crippen molar-refractivity contribution in [2.75, 3.05) is 12.9 Å². The van der Waals surface area contributed by atoms with Gasteiger partial charge in [0, 0.05) is 30.9 Å². The molecule has 0 fully saturated rings. The largest absolute Gasteiger partial charge is 0.298 e. The molecule has 1 aromatic rings. The number of nitrogens with zero attached hydrogens (tertiary/aromatic N) is 2. The summed E-state index contributed by atoms with van der Waals surface area (Å²) < 4.78 is 0. The molecule has 0 bridgehead atoms. The van der Waals surface area contributed by atoms with Gasteiger partial charge in [0.05, 0.1) is 5.02 Å². The molecule has 4 heteroatoms. The number of halogens is 2. The molecule has 0 N–H and O–H groups in total. The monoisotopic (exact) mass is 232 g/mol. The second-order valence-corrected chi connectivity index (χ2v) is 4.10. The van der Waals surface area contributed by atoms with Gasteiger partial charge >= 0.3 is 0 Å². The maximum atomic E-state index is 5.99. The van der Waals surface area contributed by atoms with Gasteiger partial charge in [0.1, 0.15) is 0 Å².